The first-order chi connectivity index (χ1) is 48.9. The summed E-state index contributed by atoms with van der Waals surface area (Å²) in [4.78, 5) is 73.0. The van der Waals surface area contributed by atoms with Crippen molar-refractivity contribution < 1.29 is 80.2 Å². The summed E-state index contributed by atoms with van der Waals surface area (Å²) < 4.78 is 68.7. The molecule has 0 saturated carbocycles. The summed E-state index contributed by atoms with van der Waals surface area (Å²) in [6.07, 6.45) is 64.0. The van der Waals surface area contributed by atoms with Crippen LogP contribution in [0.4, 0.5) is 0 Å². The first-order valence-electron chi connectivity index (χ1n) is 42.5. The molecule has 0 bridgehead atoms. The molecule has 5 atom stereocenters. The van der Waals surface area contributed by atoms with Crippen molar-refractivity contribution in [2.24, 2.45) is 11.8 Å². The Balaban J connectivity index is 5.22. The molecule has 0 amide bonds. The minimum Gasteiger partial charge on any atom is -0.462 e. The zero-order chi connectivity index (χ0) is 74.2. The molecule has 2 unspecified atom stereocenters. The average Bonchev–Trinajstić information content (AvgIpc) is 0.943. The summed E-state index contributed by atoms with van der Waals surface area (Å²) in [5.74, 6) is -0.647. The third kappa shape index (κ3) is 76.1. The largest absolute Gasteiger partial charge is 0.472 e. The van der Waals surface area contributed by atoms with Gasteiger partial charge in [0.2, 0.25) is 0 Å². The number of unbranched alkanes of at least 4 members (excludes halogenated alkanes) is 51. The molecule has 0 radical (unpaired) electrons. The second-order valence-corrected chi connectivity index (χ2v) is 33.4. The van der Waals surface area contributed by atoms with Gasteiger partial charge in [0.1, 0.15) is 19.3 Å². The van der Waals surface area contributed by atoms with Crippen LogP contribution < -0.4 is 0 Å². The minimum absolute atomic E-state index is 0.105. The predicted molar refractivity (Wildman–Crippen MR) is 414 cm³/mol. The number of phosphoric ester groups is 2. The highest BCUT2D eigenvalue weighted by atomic mass is 31.2. The van der Waals surface area contributed by atoms with Gasteiger partial charge >= 0.3 is 39.5 Å². The Hall–Kier alpha value is -1.94. The van der Waals surface area contributed by atoms with E-state index in [9.17, 15) is 43.2 Å². The number of ether oxygens (including phenoxy) is 4. The van der Waals surface area contributed by atoms with Crippen LogP contribution in [0.5, 0.6) is 0 Å². The summed E-state index contributed by atoms with van der Waals surface area (Å²) in [7, 11) is -9.92. The number of aliphatic hydroxyl groups is 1. The molecule has 0 aliphatic carbocycles. The number of phosphoric acid groups is 2. The quantitative estimate of drug-likeness (QED) is 0.0222. The normalized spacial score (nSPS) is 13.9. The van der Waals surface area contributed by atoms with Gasteiger partial charge in [-0.15, -0.1) is 0 Å². The van der Waals surface area contributed by atoms with Crippen molar-refractivity contribution in [2.75, 3.05) is 39.6 Å². The summed E-state index contributed by atoms with van der Waals surface area (Å²) >= 11 is 0. The van der Waals surface area contributed by atoms with Gasteiger partial charge in [0, 0.05) is 25.7 Å². The number of hydrogen-bond donors (Lipinski definition) is 3. The van der Waals surface area contributed by atoms with Gasteiger partial charge < -0.3 is 33.8 Å². The predicted octanol–water partition coefficient (Wildman–Crippen LogP) is 24.7. The molecular weight excluding hydrogens is 1320 g/mol. The van der Waals surface area contributed by atoms with Gasteiger partial charge in [-0.1, -0.05) is 382 Å². The van der Waals surface area contributed by atoms with Crippen LogP contribution in [0.25, 0.3) is 0 Å². The fourth-order valence-corrected chi connectivity index (χ4v) is 14.3. The summed E-state index contributed by atoms with van der Waals surface area (Å²) in [5.41, 5.74) is 0. The van der Waals surface area contributed by atoms with Crippen LogP contribution in [0.15, 0.2) is 0 Å². The molecule has 600 valence electrons. The van der Waals surface area contributed by atoms with Gasteiger partial charge in [0.25, 0.3) is 0 Å². The van der Waals surface area contributed by atoms with E-state index in [1.165, 1.54) is 250 Å². The van der Waals surface area contributed by atoms with Crippen LogP contribution in [0.2, 0.25) is 0 Å². The van der Waals surface area contributed by atoms with Crippen LogP contribution in [-0.4, -0.2) is 96.7 Å². The monoisotopic (exact) mass is 1480 g/mol. The maximum Gasteiger partial charge on any atom is 0.472 e. The molecule has 19 heteroatoms. The highest BCUT2D eigenvalue weighted by Gasteiger charge is 2.30. The van der Waals surface area contributed by atoms with E-state index in [-0.39, 0.29) is 25.7 Å². The minimum atomic E-state index is -4.96. The van der Waals surface area contributed by atoms with Gasteiger partial charge in [0.05, 0.1) is 26.4 Å². The smallest absolute Gasteiger partial charge is 0.462 e. The molecule has 17 nitrogen and oxygen atoms in total. The van der Waals surface area contributed by atoms with E-state index in [0.29, 0.717) is 25.7 Å². The van der Waals surface area contributed by atoms with Crippen LogP contribution in [0, 0.1) is 11.8 Å². The van der Waals surface area contributed by atoms with Crippen molar-refractivity contribution in [3.05, 3.63) is 0 Å². The molecule has 101 heavy (non-hydrogen) atoms. The Kier molecular flexibility index (Phi) is 72.2. The van der Waals surface area contributed by atoms with E-state index in [1.54, 1.807) is 0 Å². The van der Waals surface area contributed by atoms with Gasteiger partial charge in [-0.3, -0.25) is 37.3 Å². The van der Waals surface area contributed by atoms with Crippen molar-refractivity contribution in [3.8, 4) is 0 Å². The van der Waals surface area contributed by atoms with E-state index in [0.717, 1.165) is 102 Å². The Morgan fingerprint density at radius 3 is 0.673 bits per heavy atom. The van der Waals surface area contributed by atoms with Gasteiger partial charge in [0.15, 0.2) is 12.2 Å². The Labute approximate surface area is 619 Å². The zero-order valence-corrected chi connectivity index (χ0v) is 68.0. The number of hydrogen-bond acceptors (Lipinski definition) is 15. The Bertz CT molecular complexity index is 1940. The lowest BCUT2D eigenvalue weighted by Gasteiger charge is -2.21. The van der Waals surface area contributed by atoms with Gasteiger partial charge in [-0.25, -0.2) is 9.13 Å². The Morgan fingerprint density at radius 2 is 0.455 bits per heavy atom. The van der Waals surface area contributed by atoms with E-state index in [1.807, 2.05) is 0 Å². The van der Waals surface area contributed by atoms with Gasteiger partial charge in [-0.2, -0.15) is 0 Å². The first kappa shape index (κ1) is 99.1. The molecule has 0 aromatic rings. The highest BCUT2D eigenvalue weighted by molar-refractivity contribution is 7.47. The maximum absolute atomic E-state index is 13.1. The SMILES string of the molecule is CCCCCCCCCCCCCCCCCCCCCCCC(=O)O[C@H](COC(=O)CCCCCCCCCCCCCCCCCCC)COP(=O)(O)OC[C@@H](O)COP(=O)(O)OC[C@@H](COC(=O)CCCCCCCCCCC(C)C)OC(=O)CCCCCCCCCCCC(C)C. The molecule has 0 aromatic carbocycles. The topological polar surface area (TPSA) is 237 Å². The average molecular weight is 1480 g/mol. The third-order valence-corrected chi connectivity index (χ3v) is 21.1. The molecular formula is C82H160O17P2. The van der Waals surface area contributed by atoms with Gasteiger partial charge in [-0.05, 0) is 37.5 Å². The van der Waals surface area contributed by atoms with Crippen molar-refractivity contribution in [1.29, 1.82) is 0 Å². The van der Waals surface area contributed by atoms with Crippen molar-refractivity contribution in [1.82, 2.24) is 0 Å². The van der Waals surface area contributed by atoms with Crippen molar-refractivity contribution in [3.63, 3.8) is 0 Å². The molecule has 0 rings (SSSR count). The molecule has 0 aromatic heterocycles. The zero-order valence-electron chi connectivity index (χ0n) is 66.2. The van der Waals surface area contributed by atoms with Crippen molar-refractivity contribution >= 4 is 39.5 Å². The van der Waals surface area contributed by atoms with E-state index < -0.39 is 97.5 Å². The van der Waals surface area contributed by atoms with Crippen molar-refractivity contribution in [2.45, 2.75) is 452 Å². The number of carbonyl (C=O) groups excluding carboxylic acids is 4. The Morgan fingerprint density at radius 1 is 0.267 bits per heavy atom. The second-order valence-electron chi connectivity index (χ2n) is 30.5. The summed E-state index contributed by atoms with van der Waals surface area (Å²) in [5, 5.41) is 10.6. The lowest BCUT2D eigenvalue weighted by molar-refractivity contribution is -0.161. The molecule has 0 aliphatic heterocycles. The van der Waals surface area contributed by atoms with E-state index in [2.05, 4.69) is 41.5 Å². The third-order valence-electron chi connectivity index (χ3n) is 19.2. The van der Waals surface area contributed by atoms with Crippen LogP contribution in [0.3, 0.4) is 0 Å². The fourth-order valence-electron chi connectivity index (χ4n) is 12.7. The highest BCUT2D eigenvalue weighted by Crippen LogP contribution is 2.45. The molecule has 0 aliphatic rings. The summed E-state index contributed by atoms with van der Waals surface area (Å²) in [6, 6.07) is 0. The number of aliphatic hydroxyl groups excluding tert-OH is 1. The van der Waals surface area contributed by atoms with E-state index >= 15 is 0 Å². The molecule has 0 spiro atoms. The summed E-state index contributed by atoms with van der Waals surface area (Å²) in [6.45, 7) is 9.58. The van der Waals surface area contributed by atoms with Crippen LogP contribution >= 0.6 is 15.6 Å². The molecule has 0 saturated heterocycles. The second kappa shape index (κ2) is 73.6. The van der Waals surface area contributed by atoms with Crippen LogP contribution in [0.1, 0.15) is 433 Å². The van der Waals surface area contributed by atoms with E-state index in [4.69, 9.17) is 37.0 Å². The maximum atomic E-state index is 13.1. The standard InChI is InChI=1S/C82H160O17P2/c1-7-9-11-13-15-17-19-21-23-25-26-27-28-30-32-34-36-40-48-54-60-66-81(86)98-77(70-92-79(84)64-58-52-46-39-35-33-31-29-24-22-20-18-16-14-12-10-8-2)72-96-100(88,89)94-68-76(83)69-95-101(90,91)97-73-78(71-93-80(85)65-59-53-47-43-42-45-51-57-63-75(5)6)99-82(87)67-61-55-49-41-37-38-44-50-56-62-74(3)4/h74-78,83H,7-73H2,1-6H3,(H,88,89)(H,90,91)/t76-,77-,78-/m1/s1. The number of esters is 4. The molecule has 0 fully saturated rings. The molecule has 3 N–H and O–H groups in total. The number of rotatable bonds is 81. The van der Waals surface area contributed by atoms with Crippen LogP contribution in [-0.2, 0) is 65.4 Å². The molecule has 0 heterocycles. The lowest BCUT2D eigenvalue weighted by Crippen LogP contribution is -2.30. The fraction of sp³-hybridized carbons (Fsp3) is 0.951. The first-order valence-corrected chi connectivity index (χ1v) is 45.5. The lowest BCUT2D eigenvalue weighted by atomic mass is 10.0. The number of carbonyl (C=O) groups is 4.